The Morgan fingerprint density at radius 1 is 1.32 bits per heavy atom. The number of hydrazine groups is 1. The van der Waals surface area contributed by atoms with Gasteiger partial charge in [-0.05, 0) is 24.6 Å². The Hall–Kier alpha value is -1.34. The fraction of sp³-hybridized carbons (Fsp3) is 0.273. The van der Waals surface area contributed by atoms with Crippen LogP contribution < -0.4 is 16.6 Å². The molecule has 19 heavy (non-hydrogen) atoms. The molecule has 0 aromatic heterocycles. The lowest BCUT2D eigenvalue weighted by Crippen LogP contribution is -2.34. The van der Waals surface area contributed by atoms with E-state index in [1.54, 1.807) is 18.2 Å². The summed E-state index contributed by atoms with van der Waals surface area (Å²) in [6, 6.07) is 5.16. The van der Waals surface area contributed by atoms with E-state index in [2.05, 4.69) is 5.32 Å². The predicted octanol–water partition coefficient (Wildman–Crippen LogP) is 1.02. The molecule has 2 amide bonds. The van der Waals surface area contributed by atoms with Gasteiger partial charge in [-0.15, -0.1) is 12.4 Å². The summed E-state index contributed by atoms with van der Waals surface area (Å²) in [6.45, 7) is 1.36. The van der Waals surface area contributed by atoms with Crippen LogP contribution in [0.2, 0.25) is 5.02 Å². The molecule has 0 saturated carbocycles. The van der Waals surface area contributed by atoms with Crippen LogP contribution in [0.3, 0.4) is 0 Å². The fourth-order valence-corrected chi connectivity index (χ4v) is 1.33. The molecule has 6 nitrogen and oxygen atoms in total. The number of amides is 2. The molecule has 1 rings (SSSR count). The van der Waals surface area contributed by atoms with Gasteiger partial charge in [0.2, 0.25) is 5.91 Å². The van der Waals surface area contributed by atoms with Crippen LogP contribution in [0.1, 0.15) is 5.56 Å². The first-order valence-corrected chi connectivity index (χ1v) is 5.54. The molecule has 0 aliphatic rings. The minimum absolute atomic E-state index is 0. The van der Waals surface area contributed by atoms with E-state index >= 15 is 0 Å². The molecule has 0 radical (unpaired) electrons. The SMILES string of the molecule is Cc1ccc(NC(=O)COCC(=O)NN)cc1Cl.Cl. The van der Waals surface area contributed by atoms with Crippen LogP contribution in [0.15, 0.2) is 18.2 Å². The second-order valence-electron chi connectivity index (χ2n) is 3.57. The zero-order valence-electron chi connectivity index (χ0n) is 10.2. The van der Waals surface area contributed by atoms with E-state index in [1.807, 2.05) is 12.3 Å². The highest BCUT2D eigenvalue weighted by molar-refractivity contribution is 6.31. The lowest BCUT2D eigenvalue weighted by Gasteiger charge is -2.07. The molecule has 0 atom stereocenters. The van der Waals surface area contributed by atoms with Gasteiger partial charge in [0.1, 0.15) is 13.2 Å². The highest BCUT2D eigenvalue weighted by Gasteiger charge is 2.05. The third-order valence-corrected chi connectivity index (χ3v) is 2.49. The van der Waals surface area contributed by atoms with Crippen molar-refractivity contribution in [1.29, 1.82) is 0 Å². The molecule has 0 heterocycles. The van der Waals surface area contributed by atoms with E-state index in [4.69, 9.17) is 22.2 Å². The first-order chi connectivity index (χ1) is 8.52. The van der Waals surface area contributed by atoms with Gasteiger partial charge in [0, 0.05) is 10.7 Å². The number of rotatable bonds is 5. The summed E-state index contributed by atoms with van der Waals surface area (Å²) >= 11 is 5.91. The number of benzene rings is 1. The number of hydrogen-bond donors (Lipinski definition) is 3. The number of hydrogen-bond acceptors (Lipinski definition) is 4. The molecule has 1 aromatic rings. The third kappa shape index (κ3) is 6.40. The van der Waals surface area contributed by atoms with E-state index < -0.39 is 5.91 Å². The number of carbonyl (C=O) groups is 2. The molecular weight excluding hydrogens is 293 g/mol. The highest BCUT2D eigenvalue weighted by atomic mass is 35.5. The number of halogens is 2. The van der Waals surface area contributed by atoms with Crippen molar-refractivity contribution in [3.05, 3.63) is 28.8 Å². The zero-order chi connectivity index (χ0) is 13.5. The number of nitrogens with one attached hydrogen (secondary N) is 2. The van der Waals surface area contributed by atoms with Gasteiger partial charge in [0.15, 0.2) is 0 Å². The minimum Gasteiger partial charge on any atom is -0.362 e. The van der Waals surface area contributed by atoms with Crippen LogP contribution in [-0.2, 0) is 14.3 Å². The maximum absolute atomic E-state index is 11.4. The Morgan fingerprint density at radius 3 is 2.53 bits per heavy atom. The zero-order valence-corrected chi connectivity index (χ0v) is 11.8. The summed E-state index contributed by atoms with van der Waals surface area (Å²) in [6.07, 6.45) is 0. The maximum Gasteiger partial charge on any atom is 0.259 e. The fourth-order valence-electron chi connectivity index (χ4n) is 1.15. The quantitative estimate of drug-likeness (QED) is 0.430. The van der Waals surface area contributed by atoms with E-state index in [-0.39, 0.29) is 31.5 Å². The van der Waals surface area contributed by atoms with Gasteiger partial charge >= 0.3 is 0 Å². The lowest BCUT2D eigenvalue weighted by atomic mass is 10.2. The van der Waals surface area contributed by atoms with Gasteiger partial charge in [-0.3, -0.25) is 15.0 Å². The van der Waals surface area contributed by atoms with Crippen LogP contribution in [0, 0.1) is 6.92 Å². The van der Waals surface area contributed by atoms with E-state index in [1.165, 1.54) is 0 Å². The summed E-state index contributed by atoms with van der Waals surface area (Å²) in [5.74, 6) is 3.97. The van der Waals surface area contributed by atoms with Crippen molar-refractivity contribution in [2.24, 2.45) is 5.84 Å². The minimum atomic E-state index is -0.499. The number of aryl methyl sites for hydroxylation is 1. The monoisotopic (exact) mass is 307 g/mol. The number of anilines is 1. The van der Waals surface area contributed by atoms with Crippen molar-refractivity contribution < 1.29 is 14.3 Å². The molecule has 1 aromatic carbocycles. The molecule has 0 bridgehead atoms. The molecular formula is C11H15Cl2N3O3. The Balaban J connectivity index is 0.00000324. The molecule has 0 spiro atoms. The molecule has 0 aliphatic heterocycles. The largest absolute Gasteiger partial charge is 0.362 e. The van der Waals surface area contributed by atoms with Gasteiger partial charge < -0.3 is 10.1 Å². The smallest absolute Gasteiger partial charge is 0.259 e. The Morgan fingerprint density at radius 2 is 1.95 bits per heavy atom. The molecule has 0 aliphatic carbocycles. The lowest BCUT2D eigenvalue weighted by molar-refractivity contribution is -0.128. The highest BCUT2D eigenvalue weighted by Crippen LogP contribution is 2.19. The normalized spacial score (nSPS) is 9.42. The molecule has 0 fully saturated rings. The van der Waals surface area contributed by atoms with Crippen molar-refractivity contribution in [3.63, 3.8) is 0 Å². The molecule has 8 heteroatoms. The van der Waals surface area contributed by atoms with Crippen LogP contribution in [0.4, 0.5) is 5.69 Å². The Labute approximate surface area is 122 Å². The average molecular weight is 308 g/mol. The number of nitrogens with two attached hydrogens (primary N) is 1. The summed E-state index contributed by atoms with van der Waals surface area (Å²) in [7, 11) is 0. The summed E-state index contributed by atoms with van der Waals surface area (Å²) in [5, 5.41) is 3.16. The predicted molar refractivity (Wildman–Crippen MR) is 75.2 cm³/mol. The summed E-state index contributed by atoms with van der Waals surface area (Å²) < 4.78 is 4.84. The first-order valence-electron chi connectivity index (χ1n) is 5.16. The van der Waals surface area contributed by atoms with Crippen LogP contribution in [-0.4, -0.2) is 25.0 Å². The number of carbonyl (C=O) groups excluding carboxylic acids is 2. The standard InChI is InChI=1S/C11H14ClN3O3.ClH/c1-7-2-3-8(4-9(7)12)14-10(16)5-18-6-11(17)15-13;/h2-4H,5-6,13H2,1H3,(H,14,16)(H,15,17);1H. The Kier molecular flexibility index (Phi) is 8.09. The molecule has 0 saturated heterocycles. The third-order valence-electron chi connectivity index (χ3n) is 2.08. The average Bonchev–Trinajstić information content (AvgIpc) is 2.33. The maximum atomic E-state index is 11.4. The van der Waals surface area contributed by atoms with Gasteiger partial charge in [-0.25, -0.2) is 5.84 Å². The van der Waals surface area contributed by atoms with Crippen LogP contribution in [0.25, 0.3) is 0 Å². The van der Waals surface area contributed by atoms with Crippen LogP contribution >= 0.6 is 24.0 Å². The number of ether oxygens (including phenoxy) is 1. The second-order valence-corrected chi connectivity index (χ2v) is 3.98. The van der Waals surface area contributed by atoms with Crippen molar-refractivity contribution in [1.82, 2.24) is 5.43 Å². The summed E-state index contributed by atoms with van der Waals surface area (Å²) in [4.78, 5) is 22.2. The Bertz CT molecular complexity index is 455. The van der Waals surface area contributed by atoms with Gasteiger partial charge in [0.25, 0.3) is 5.91 Å². The first kappa shape index (κ1) is 17.7. The van der Waals surface area contributed by atoms with Crippen molar-refractivity contribution >= 4 is 41.5 Å². The van der Waals surface area contributed by atoms with Crippen molar-refractivity contribution in [3.8, 4) is 0 Å². The molecule has 106 valence electrons. The molecule has 0 unspecified atom stereocenters. The van der Waals surface area contributed by atoms with Gasteiger partial charge in [-0.2, -0.15) is 0 Å². The second kappa shape index (κ2) is 8.71. The van der Waals surface area contributed by atoms with E-state index in [0.29, 0.717) is 10.7 Å². The van der Waals surface area contributed by atoms with Crippen molar-refractivity contribution in [2.45, 2.75) is 6.92 Å². The summed E-state index contributed by atoms with van der Waals surface area (Å²) in [5.41, 5.74) is 3.38. The van der Waals surface area contributed by atoms with Gasteiger partial charge in [0.05, 0.1) is 0 Å². The van der Waals surface area contributed by atoms with Crippen molar-refractivity contribution in [2.75, 3.05) is 18.5 Å². The topological polar surface area (TPSA) is 93.4 Å². The van der Waals surface area contributed by atoms with Gasteiger partial charge in [-0.1, -0.05) is 17.7 Å². The molecule has 4 N–H and O–H groups in total. The van der Waals surface area contributed by atoms with Crippen LogP contribution in [0.5, 0.6) is 0 Å². The van der Waals surface area contributed by atoms with E-state index in [0.717, 1.165) is 5.56 Å². The van der Waals surface area contributed by atoms with E-state index in [9.17, 15) is 9.59 Å².